The van der Waals surface area contributed by atoms with Crippen molar-refractivity contribution in [2.24, 2.45) is 0 Å². The van der Waals surface area contributed by atoms with Gasteiger partial charge < -0.3 is 20.0 Å². The van der Waals surface area contributed by atoms with E-state index in [0.717, 1.165) is 11.1 Å². The Labute approximate surface area is 170 Å². The summed E-state index contributed by atoms with van der Waals surface area (Å²) in [5.41, 5.74) is 2.57. The van der Waals surface area contributed by atoms with Gasteiger partial charge in [0, 0.05) is 50.0 Å². The van der Waals surface area contributed by atoms with Gasteiger partial charge in [-0.05, 0) is 42.3 Å². The highest BCUT2D eigenvalue weighted by molar-refractivity contribution is 5.93. The molecule has 0 saturated carbocycles. The maximum Gasteiger partial charge on any atom is 0.246 e. The van der Waals surface area contributed by atoms with Gasteiger partial charge in [-0.2, -0.15) is 0 Å². The molecule has 150 valence electrons. The van der Waals surface area contributed by atoms with Gasteiger partial charge in [0.2, 0.25) is 11.8 Å². The first-order valence-corrected chi connectivity index (χ1v) is 9.45. The van der Waals surface area contributed by atoms with Gasteiger partial charge in [0.05, 0.1) is 0 Å². The summed E-state index contributed by atoms with van der Waals surface area (Å²) in [6.07, 6.45) is 6.30. The molecule has 2 aromatic carbocycles. The Morgan fingerprint density at radius 2 is 1.38 bits per heavy atom. The van der Waals surface area contributed by atoms with Crippen LogP contribution in [0.5, 0.6) is 11.5 Å². The molecule has 29 heavy (non-hydrogen) atoms. The number of hydrogen-bond donors (Lipinski definition) is 2. The van der Waals surface area contributed by atoms with Crippen molar-refractivity contribution < 1.29 is 19.8 Å². The molecule has 6 heteroatoms. The molecule has 3 rings (SSSR count). The van der Waals surface area contributed by atoms with E-state index in [0.29, 0.717) is 31.7 Å². The van der Waals surface area contributed by atoms with Crippen molar-refractivity contribution in [3.63, 3.8) is 0 Å². The number of phenols is 2. The second kappa shape index (κ2) is 9.10. The van der Waals surface area contributed by atoms with Crippen molar-refractivity contribution >= 4 is 24.0 Å². The van der Waals surface area contributed by atoms with E-state index in [2.05, 4.69) is 0 Å². The number of nitrogens with zero attached hydrogens (tertiary/aromatic N) is 2. The summed E-state index contributed by atoms with van der Waals surface area (Å²) in [6.45, 7) is 3.85. The van der Waals surface area contributed by atoms with E-state index in [-0.39, 0.29) is 23.3 Å². The number of aromatic hydroxyl groups is 2. The molecule has 1 heterocycles. The van der Waals surface area contributed by atoms with Gasteiger partial charge in [0.25, 0.3) is 0 Å². The third-order valence-electron chi connectivity index (χ3n) is 4.92. The van der Waals surface area contributed by atoms with E-state index in [1.807, 2.05) is 37.3 Å². The Balaban J connectivity index is 1.53. The molecule has 6 nitrogen and oxygen atoms in total. The standard InChI is InChI=1S/C23H24N2O4/c1-17-4-2-3-5-18(17)7-10-22(28)24-12-14-25(15-13-24)23(29)11-8-19-6-9-20(26)16-21(19)27/h2-11,16,26-27H,12-15H2,1H3/b10-7+,11-8+. The average Bonchev–Trinajstić information content (AvgIpc) is 2.72. The highest BCUT2D eigenvalue weighted by atomic mass is 16.3. The zero-order valence-electron chi connectivity index (χ0n) is 16.3. The van der Waals surface area contributed by atoms with Gasteiger partial charge in [-0.25, -0.2) is 0 Å². The maximum atomic E-state index is 12.4. The lowest BCUT2D eigenvalue weighted by Crippen LogP contribution is -2.49. The number of aryl methyl sites for hydroxylation is 1. The minimum absolute atomic E-state index is 0.0387. The number of benzene rings is 2. The Bertz CT molecular complexity index is 957. The van der Waals surface area contributed by atoms with Crippen molar-refractivity contribution in [3.8, 4) is 11.5 Å². The van der Waals surface area contributed by atoms with E-state index >= 15 is 0 Å². The van der Waals surface area contributed by atoms with Crippen molar-refractivity contribution in [2.75, 3.05) is 26.2 Å². The zero-order chi connectivity index (χ0) is 20.8. The van der Waals surface area contributed by atoms with E-state index in [4.69, 9.17) is 0 Å². The predicted molar refractivity (Wildman–Crippen MR) is 112 cm³/mol. The second-order valence-corrected chi connectivity index (χ2v) is 6.92. The molecular formula is C23H24N2O4. The summed E-state index contributed by atoms with van der Waals surface area (Å²) in [7, 11) is 0. The minimum Gasteiger partial charge on any atom is -0.508 e. The number of hydrogen-bond acceptors (Lipinski definition) is 4. The van der Waals surface area contributed by atoms with Crippen molar-refractivity contribution in [1.29, 1.82) is 0 Å². The quantitative estimate of drug-likeness (QED) is 0.784. The molecule has 2 N–H and O–H groups in total. The van der Waals surface area contributed by atoms with Gasteiger partial charge in [0.15, 0.2) is 0 Å². The molecule has 1 saturated heterocycles. The second-order valence-electron chi connectivity index (χ2n) is 6.92. The molecule has 2 aromatic rings. The molecule has 2 amide bonds. The van der Waals surface area contributed by atoms with Crippen LogP contribution in [0, 0.1) is 6.92 Å². The number of phenolic OH excluding ortho intramolecular Hbond substituents is 2. The van der Waals surface area contributed by atoms with Gasteiger partial charge >= 0.3 is 0 Å². The normalized spacial score (nSPS) is 14.7. The van der Waals surface area contributed by atoms with Crippen LogP contribution in [0.4, 0.5) is 0 Å². The van der Waals surface area contributed by atoms with Crippen LogP contribution in [0.25, 0.3) is 12.2 Å². The van der Waals surface area contributed by atoms with E-state index in [9.17, 15) is 19.8 Å². The van der Waals surface area contributed by atoms with Crippen molar-refractivity contribution in [1.82, 2.24) is 9.80 Å². The molecule has 0 radical (unpaired) electrons. The smallest absolute Gasteiger partial charge is 0.246 e. The van der Waals surface area contributed by atoms with Crippen LogP contribution in [-0.4, -0.2) is 58.0 Å². The lowest BCUT2D eigenvalue weighted by atomic mass is 10.1. The molecule has 1 fully saturated rings. The Hall–Kier alpha value is -3.54. The summed E-state index contributed by atoms with van der Waals surface area (Å²) >= 11 is 0. The number of carbonyl (C=O) groups is 2. The SMILES string of the molecule is Cc1ccccc1/C=C/C(=O)N1CCN(C(=O)/C=C/c2ccc(O)cc2O)CC1. The van der Waals surface area contributed by atoms with Crippen LogP contribution in [0.15, 0.2) is 54.6 Å². The summed E-state index contributed by atoms with van der Waals surface area (Å²) in [4.78, 5) is 28.2. The molecule has 1 aliphatic rings. The first-order valence-electron chi connectivity index (χ1n) is 9.45. The van der Waals surface area contributed by atoms with Crippen molar-refractivity contribution in [3.05, 3.63) is 71.3 Å². The fraction of sp³-hybridized carbons (Fsp3) is 0.217. The van der Waals surface area contributed by atoms with Gasteiger partial charge in [-0.1, -0.05) is 24.3 Å². The van der Waals surface area contributed by atoms with E-state index in [1.54, 1.807) is 15.9 Å². The summed E-state index contributed by atoms with van der Waals surface area (Å²) < 4.78 is 0. The summed E-state index contributed by atoms with van der Waals surface area (Å²) in [6, 6.07) is 12.1. The highest BCUT2D eigenvalue weighted by Crippen LogP contribution is 2.23. The number of carbonyl (C=O) groups excluding carboxylic acids is 2. The number of rotatable bonds is 4. The molecule has 0 aliphatic carbocycles. The van der Waals surface area contributed by atoms with Crippen LogP contribution in [0.2, 0.25) is 0 Å². The molecule has 0 atom stereocenters. The molecule has 0 unspecified atom stereocenters. The molecule has 0 bridgehead atoms. The monoisotopic (exact) mass is 392 g/mol. The van der Waals surface area contributed by atoms with Gasteiger partial charge in [-0.3, -0.25) is 9.59 Å². The molecular weight excluding hydrogens is 368 g/mol. The lowest BCUT2D eigenvalue weighted by Gasteiger charge is -2.33. The van der Waals surface area contributed by atoms with Crippen LogP contribution in [0.3, 0.4) is 0 Å². The van der Waals surface area contributed by atoms with Crippen molar-refractivity contribution in [2.45, 2.75) is 6.92 Å². The first kappa shape index (κ1) is 20.2. The molecule has 0 spiro atoms. The minimum atomic E-state index is -0.181. The zero-order valence-corrected chi connectivity index (χ0v) is 16.3. The molecule has 0 aromatic heterocycles. The van der Waals surface area contributed by atoms with Crippen LogP contribution < -0.4 is 0 Å². The Morgan fingerprint density at radius 3 is 1.93 bits per heavy atom. The van der Waals surface area contributed by atoms with Crippen LogP contribution in [0.1, 0.15) is 16.7 Å². The lowest BCUT2D eigenvalue weighted by molar-refractivity contribution is -0.133. The van der Waals surface area contributed by atoms with Crippen LogP contribution >= 0.6 is 0 Å². The number of amides is 2. The highest BCUT2D eigenvalue weighted by Gasteiger charge is 2.21. The largest absolute Gasteiger partial charge is 0.508 e. The van der Waals surface area contributed by atoms with Gasteiger partial charge in [-0.15, -0.1) is 0 Å². The maximum absolute atomic E-state index is 12.4. The third kappa shape index (κ3) is 5.25. The topological polar surface area (TPSA) is 81.1 Å². The Morgan fingerprint density at radius 1 is 0.828 bits per heavy atom. The molecule has 1 aliphatic heterocycles. The fourth-order valence-corrected chi connectivity index (χ4v) is 3.13. The van der Waals surface area contributed by atoms with Crippen LogP contribution in [-0.2, 0) is 9.59 Å². The number of piperazine rings is 1. The summed E-state index contributed by atoms with van der Waals surface area (Å²) in [5, 5.41) is 19.1. The van der Waals surface area contributed by atoms with E-state index in [1.165, 1.54) is 30.4 Å². The first-order chi connectivity index (χ1) is 13.9. The fourth-order valence-electron chi connectivity index (χ4n) is 3.13. The van der Waals surface area contributed by atoms with Gasteiger partial charge in [0.1, 0.15) is 11.5 Å². The summed E-state index contributed by atoms with van der Waals surface area (Å²) in [5.74, 6) is -0.377. The average molecular weight is 392 g/mol. The Kier molecular flexibility index (Phi) is 6.34. The third-order valence-corrected chi connectivity index (χ3v) is 4.92. The predicted octanol–water partition coefficient (Wildman–Crippen LogP) is 2.80. The van der Waals surface area contributed by atoms with E-state index < -0.39 is 0 Å².